The summed E-state index contributed by atoms with van der Waals surface area (Å²) in [7, 11) is -3.91. The van der Waals surface area contributed by atoms with Crippen LogP contribution in [0.3, 0.4) is 0 Å². The van der Waals surface area contributed by atoms with E-state index in [-0.39, 0.29) is 23.4 Å². The summed E-state index contributed by atoms with van der Waals surface area (Å²) >= 11 is 0. The number of nitrogens with one attached hydrogen (secondary N) is 1. The third kappa shape index (κ3) is 5.52. The average molecular weight is 437 g/mol. The lowest BCUT2D eigenvalue weighted by Crippen LogP contribution is -2.42. The quantitative estimate of drug-likeness (QED) is 0.553. The van der Waals surface area contributed by atoms with Crippen molar-refractivity contribution in [1.82, 2.24) is 5.32 Å². The topological polar surface area (TPSA) is 66.5 Å². The minimum absolute atomic E-state index is 0.153. The zero-order valence-corrected chi connectivity index (χ0v) is 18.9. The fraction of sp³-hybridized carbons (Fsp3) is 0.240. The molecule has 0 aliphatic carbocycles. The van der Waals surface area contributed by atoms with Gasteiger partial charge in [-0.3, -0.25) is 9.10 Å². The first-order valence-corrected chi connectivity index (χ1v) is 11.8. The van der Waals surface area contributed by atoms with Crippen LogP contribution < -0.4 is 9.62 Å². The molecule has 6 heteroatoms. The second-order valence-electron chi connectivity index (χ2n) is 7.60. The zero-order chi connectivity index (χ0) is 22.4. The van der Waals surface area contributed by atoms with E-state index in [9.17, 15) is 13.2 Å². The SMILES string of the molecule is CC[C@@H](NC(=O)CN(c1ccccc1)S(=O)(=O)c1ccc(C)cc1)c1ccc(C)cc1. The van der Waals surface area contributed by atoms with Gasteiger partial charge in [-0.15, -0.1) is 0 Å². The Bertz CT molecular complexity index is 1110. The maximum atomic E-state index is 13.4. The molecule has 5 nitrogen and oxygen atoms in total. The van der Waals surface area contributed by atoms with E-state index >= 15 is 0 Å². The summed E-state index contributed by atoms with van der Waals surface area (Å²) in [6.45, 7) is 5.59. The first-order chi connectivity index (χ1) is 14.8. The summed E-state index contributed by atoms with van der Waals surface area (Å²) in [6, 6.07) is 23.1. The number of anilines is 1. The van der Waals surface area contributed by atoms with Crippen molar-refractivity contribution in [3.63, 3.8) is 0 Å². The average Bonchev–Trinajstić information content (AvgIpc) is 2.77. The van der Waals surface area contributed by atoms with Gasteiger partial charge in [0.2, 0.25) is 5.91 Å². The number of rotatable bonds is 8. The molecule has 1 atom stereocenters. The highest BCUT2D eigenvalue weighted by Crippen LogP contribution is 2.24. The Hall–Kier alpha value is -3.12. The lowest BCUT2D eigenvalue weighted by molar-refractivity contribution is -0.120. The molecule has 0 aliphatic rings. The summed E-state index contributed by atoms with van der Waals surface area (Å²) in [5, 5.41) is 2.99. The standard InChI is InChI=1S/C25H28N2O3S/c1-4-24(21-14-10-19(2)11-15-21)26-25(28)18-27(22-8-6-5-7-9-22)31(29,30)23-16-12-20(3)13-17-23/h5-17,24H,4,18H2,1-3H3,(H,26,28)/t24-/m1/s1. The molecule has 162 valence electrons. The highest BCUT2D eigenvalue weighted by atomic mass is 32.2. The van der Waals surface area contributed by atoms with Crippen LogP contribution in [0.4, 0.5) is 5.69 Å². The molecule has 0 saturated carbocycles. The van der Waals surface area contributed by atoms with Crippen LogP contribution in [-0.4, -0.2) is 20.9 Å². The monoisotopic (exact) mass is 436 g/mol. The number of benzene rings is 3. The lowest BCUT2D eigenvalue weighted by Gasteiger charge is -2.25. The molecule has 0 bridgehead atoms. The molecular formula is C25H28N2O3S. The molecule has 0 heterocycles. The Balaban J connectivity index is 1.87. The van der Waals surface area contributed by atoms with Crippen LogP contribution >= 0.6 is 0 Å². The van der Waals surface area contributed by atoms with Crippen LogP contribution in [0.15, 0.2) is 83.8 Å². The molecule has 1 amide bonds. The number of carbonyl (C=O) groups excluding carboxylic acids is 1. The van der Waals surface area contributed by atoms with Crippen molar-refractivity contribution < 1.29 is 13.2 Å². The molecule has 3 aromatic carbocycles. The van der Waals surface area contributed by atoms with Gasteiger partial charge in [0.1, 0.15) is 6.54 Å². The van der Waals surface area contributed by atoms with Gasteiger partial charge in [-0.25, -0.2) is 8.42 Å². The fourth-order valence-corrected chi connectivity index (χ4v) is 4.76. The first-order valence-electron chi connectivity index (χ1n) is 10.3. The molecule has 1 N–H and O–H groups in total. The highest BCUT2D eigenvalue weighted by Gasteiger charge is 2.27. The molecule has 0 fully saturated rings. The maximum Gasteiger partial charge on any atom is 0.264 e. The first kappa shape index (κ1) is 22.6. The minimum atomic E-state index is -3.91. The predicted octanol–water partition coefficient (Wildman–Crippen LogP) is 4.77. The van der Waals surface area contributed by atoms with Crippen molar-refractivity contribution >= 4 is 21.6 Å². The van der Waals surface area contributed by atoms with Gasteiger partial charge in [0.25, 0.3) is 10.0 Å². The van der Waals surface area contributed by atoms with Crippen LogP contribution in [0.1, 0.15) is 36.1 Å². The number of hydrogen-bond acceptors (Lipinski definition) is 3. The lowest BCUT2D eigenvalue weighted by atomic mass is 10.0. The molecule has 31 heavy (non-hydrogen) atoms. The van der Waals surface area contributed by atoms with Crippen LogP contribution in [0, 0.1) is 13.8 Å². The van der Waals surface area contributed by atoms with Gasteiger partial charge in [-0.2, -0.15) is 0 Å². The van der Waals surface area contributed by atoms with Gasteiger partial charge in [0, 0.05) is 0 Å². The maximum absolute atomic E-state index is 13.4. The molecule has 0 aromatic heterocycles. The van der Waals surface area contributed by atoms with E-state index in [1.807, 2.05) is 51.1 Å². The smallest absolute Gasteiger partial charge is 0.264 e. The second kappa shape index (κ2) is 9.79. The molecule has 0 saturated heterocycles. The number of sulfonamides is 1. The zero-order valence-electron chi connectivity index (χ0n) is 18.1. The summed E-state index contributed by atoms with van der Waals surface area (Å²) < 4.78 is 27.9. The summed E-state index contributed by atoms with van der Waals surface area (Å²) in [5.74, 6) is -0.355. The highest BCUT2D eigenvalue weighted by molar-refractivity contribution is 7.92. The van der Waals surface area contributed by atoms with E-state index in [0.717, 1.165) is 21.0 Å². The van der Waals surface area contributed by atoms with Crippen molar-refractivity contribution in [2.75, 3.05) is 10.8 Å². The Labute approximate surface area is 184 Å². The van der Waals surface area contributed by atoms with Crippen LogP contribution in [0.2, 0.25) is 0 Å². The Kier molecular flexibility index (Phi) is 7.13. The third-order valence-corrected chi connectivity index (χ3v) is 6.95. The molecule has 0 spiro atoms. The van der Waals surface area contributed by atoms with E-state index in [1.165, 1.54) is 0 Å². The number of carbonyl (C=O) groups is 1. The van der Waals surface area contributed by atoms with E-state index in [0.29, 0.717) is 12.1 Å². The molecule has 0 radical (unpaired) electrons. The molecule has 0 aliphatic heterocycles. The van der Waals surface area contributed by atoms with Gasteiger partial charge in [-0.1, -0.05) is 72.6 Å². The van der Waals surface area contributed by atoms with Crippen LogP contribution in [-0.2, 0) is 14.8 Å². The molecule has 3 rings (SSSR count). The Morgan fingerprint density at radius 1 is 0.871 bits per heavy atom. The van der Waals surface area contributed by atoms with Gasteiger partial charge < -0.3 is 5.32 Å². The number of hydrogen-bond donors (Lipinski definition) is 1. The Morgan fingerprint density at radius 3 is 1.97 bits per heavy atom. The molecular weight excluding hydrogens is 408 g/mol. The third-order valence-electron chi connectivity index (χ3n) is 5.16. The van der Waals surface area contributed by atoms with Crippen molar-refractivity contribution in [3.05, 3.63) is 95.6 Å². The van der Waals surface area contributed by atoms with Gasteiger partial charge in [0.05, 0.1) is 16.6 Å². The molecule has 0 unspecified atom stereocenters. The largest absolute Gasteiger partial charge is 0.348 e. The van der Waals surface area contributed by atoms with E-state index in [4.69, 9.17) is 0 Å². The number of nitrogens with zero attached hydrogens (tertiary/aromatic N) is 1. The summed E-state index contributed by atoms with van der Waals surface area (Å²) in [5.41, 5.74) is 3.55. The fourth-order valence-electron chi connectivity index (χ4n) is 3.34. The minimum Gasteiger partial charge on any atom is -0.348 e. The number of aryl methyl sites for hydroxylation is 2. The van der Waals surface area contributed by atoms with Gasteiger partial charge in [-0.05, 0) is 50.1 Å². The normalized spacial score (nSPS) is 12.2. The van der Waals surface area contributed by atoms with E-state index in [2.05, 4.69) is 5.32 Å². The second-order valence-corrected chi connectivity index (χ2v) is 9.46. The summed E-state index contributed by atoms with van der Waals surface area (Å²) in [6.07, 6.45) is 0.699. The number of para-hydroxylation sites is 1. The Morgan fingerprint density at radius 2 is 1.42 bits per heavy atom. The van der Waals surface area contributed by atoms with Crippen molar-refractivity contribution in [3.8, 4) is 0 Å². The van der Waals surface area contributed by atoms with Gasteiger partial charge >= 0.3 is 0 Å². The summed E-state index contributed by atoms with van der Waals surface area (Å²) in [4.78, 5) is 13.1. The van der Waals surface area contributed by atoms with E-state index < -0.39 is 10.0 Å². The van der Waals surface area contributed by atoms with Crippen LogP contribution in [0.25, 0.3) is 0 Å². The van der Waals surface area contributed by atoms with Crippen LogP contribution in [0.5, 0.6) is 0 Å². The number of amides is 1. The predicted molar refractivity (Wildman–Crippen MR) is 125 cm³/mol. The molecule has 3 aromatic rings. The van der Waals surface area contributed by atoms with Gasteiger partial charge in [0.15, 0.2) is 0 Å². The van der Waals surface area contributed by atoms with Crippen molar-refractivity contribution in [2.24, 2.45) is 0 Å². The van der Waals surface area contributed by atoms with Crippen molar-refractivity contribution in [2.45, 2.75) is 38.1 Å². The van der Waals surface area contributed by atoms with Crippen molar-refractivity contribution in [1.29, 1.82) is 0 Å². The van der Waals surface area contributed by atoms with E-state index in [1.54, 1.807) is 48.5 Å².